The van der Waals surface area contributed by atoms with Crippen LogP contribution in [0, 0.1) is 0 Å². The number of hydrogen-bond donors (Lipinski definition) is 2. The summed E-state index contributed by atoms with van der Waals surface area (Å²) < 4.78 is 10.7. The molecule has 8 heteroatoms. The number of nitrogens with zero attached hydrogens (tertiary/aromatic N) is 2. The van der Waals surface area contributed by atoms with Gasteiger partial charge in [0.15, 0.2) is 11.5 Å². The van der Waals surface area contributed by atoms with Crippen LogP contribution in [-0.2, 0) is 6.54 Å². The zero-order valence-electron chi connectivity index (χ0n) is 20.7. The summed E-state index contributed by atoms with van der Waals surface area (Å²) in [6, 6.07) is 23.1. The number of methoxy groups -OCH3 is 2. The van der Waals surface area contributed by atoms with Crippen LogP contribution in [0.2, 0.25) is 0 Å². The van der Waals surface area contributed by atoms with E-state index in [4.69, 9.17) is 9.47 Å². The fraction of sp³-hybridized carbons (Fsp3) is 0.207. The number of carbonyl (C=O) groups excluding carboxylic acids is 2. The molecule has 8 nitrogen and oxygen atoms in total. The molecule has 0 aliphatic carbocycles. The summed E-state index contributed by atoms with van der Waals surface area (Å²) in [5.74, 6) is 0.839. The molecule has 5 rings (SSSR count). The minimum absolute atomic E-state index is 0.0217. The molecular weight excluding hydrogens is 468 g/mol. The van der Waals surface area contributed by atoms with Crippen LogP contribution in [0.5, 0.6) is 11.5 Å². The number of aromatic nitrogens is 2. The van der Waals surface area contributed by atoms with Crippen LogP contribution in [0.15, 0.2) is 79.0 Å². The molecule has 2 heterocycles. The van der Waals surface area contributed by atoms with Gasteiger partial charge in [-0.1, -0.05) is 48.5 Å². The van der Waals surface area contributed by atoms with E-state index in [1.165, 1.54) is 6.20 Å². The highest BCUT2D eigenvalue weighted by atomic mass is 16.5. The molecule has 0 bridgehead atoms. The van der Waals surface area contributed by atoms with E-state index >= 15 is 0 Å². The van der Waals surface area contributed by atoms with Crippen molar-refractivity contribution in [1.29, 1.82) is 0 Å². The lowest BCUT2D eigenvalue weighted by Gasteiger charge is -2.24. The minimum Gasteiger partial charge on any atom is -0.493 e. The summed E-state index contributed by atoms with van der Waals surface area (Å²) in [6.07, 6.45) is 1.51. The predicted molar refractivity (Wildman–Crippen MR) is 140 cm³/mol. The summed E-state index contributed by atoms with van der Waals surface area (Å²) >= 11 is 0. The van der Waals surface area contributed by atoms with Crippen molar-refractivity contribution < 1.29 is 19.1 Å². The Bertz CT molecular complexity index is 1420. The smallest absolute Gasteiger partial charge is 0.255 e. The van der Waals surface area contributed by atoms with Crippen molar-refractivity contribution in [1.82, 2.24) is 20.4 Å². The summed E-state index contributed by atoms with van der Waals surface area (Å²) in [5.41, 5.74) is 4.58. The van der Waals surface area contributed by atoms with Crippen molar-refractivity contribution in [2.75, 3.05) is 27.3 Å². The van der Waals surface area contributed by atoms with Gasteiger partial charge in [0.25, 0.3) is 11.8 Å². The first kappa shape index (κ1) is 24.1. The van der Waals surface area contributed by atoms with E-state index in [-0.39, 0.29) is 17.7 Å². The number of amides is 2. The third-order valence-corrected chi connectivity index (χ3v) is 6.67. The van der Waals surface area contributed by atoms with E-state index in [9.17, 15) is 9.59 Å². The molecule has 1 unspecified atom stereocenters. The monoisotopic (exact) mass is 496 g/mol. The quantitative estimate of drug-likeness (QED) is 0.361. The molecule has 0 radical (unpaired) electrons. The molecular formula is C29H28N4O4. The lowest BCUT2D eigenvalue weighted by atomic mass is 9.98. The number of aromatic amines is 1. The molecule has 37 heavy (non-hydrogen) atoms. The Morgan fingerprint density at radius 1 is 1.03 bits per heavy atom. The molecule has 1 aliphatic rings. The van der Waals surface area contributed by atoms with E-state index in [0.29, 0.717) is 42.4 Å². The maximum Gasteiger partial charge on any atom is 0.255 e. The van der Waals surface area contributed by atoms with Gasteiger partial charge in [-0.2, -0.15) is 5.10 Å². The van der Waals surface area contributed by atoms with Crippen molar-refractivity contribution >= 4 is 11.8 Å². The van der Waals surface area contributed by atoms with Gasteiger partial charge < -0.3 is 19.7 Å². The highest BCUT2D eigenvalue weighted by molar-refractivity contribution is 6.00. The Morgan fingerprint density at radius 2 is 1.78 bits per heavy atom. The van der Waals surface area contributed by atoms with Crippen LogP contribution < -0.4 is 14.8 Å². The molecule has 0 spiro atoms. The fourth-order valence-corrected chi connectivity index (χ4v) is 4.72. The Balaban J connectivity index is 1.33. The molecule has 2 amide bonds. The largest absolute Gasteiger partial charge is 0.493 e. The number of benzene rings is 3. The number of ether oxygens (including phenoxy) is 2. The standard InChI is InChI=1S/C29H28N4O4/c1-36-25-13-12-20(14-26(25)37-2)27-24(16-31-32-27)28(34)30-15-22(19-8-4-3-5-9-19)18-33-17-21-10-6-7-11-23(21)29(33)35/h3-14,16,22H,15,17-18H2,1-2H3,(H,30,34)(H,31,32). The van der Waals surface area contributed by atoms with Crippen molar-refractivity contribution in [3.05, 3.63) is 101 Å². The lowest BCUT2D eigenvalue weighted by Crippen LogP contribution is -2.36. The van der Waals surface area contributed by atoms with Gasteiger partial charge in [-0.3, -0.25) is 14.7 Å². The summed E-state index contributed by atoms with van der Waals surface area (Å²) in [6.45, 7) is 1.42. The number of hydrogen-bond acceptors (Lipinski definition) is 5. The average molecular weight is 497 g/mol. The van der Waals surface area contributed by atoms with Crippen LogP contribution >= 0.6 is 0 Å². The van der Waals surface area contributed by atoms with Gasteiger partial charge in [0.2, 0.25) is 0 Å². The maximum absolute atomic E-state index is 13.3. The number of carbonyl (C=O) groups is 2. The van der Waals surface area contributed by atoms with Gasteiger partial charge in [0, 0.05) is 36.7 Å². The maximum atomic E-state index is 13.3. The van der Waals surface area contributed by atoms with Gasteiger partial charge in [0.1, 0.15) is 0 Å². The van der Waals surface area contributed by atoms with E-state index in [1.807, 2.05) is 65.6 Å². The van der Waals surface area contributed by atoms with Crippen molar-refractivity contribution in [2.24, 2.45) is 0 Å². The van der Waals surface area contributed by atoms with Gasteiger partial charge in [-0.05, 0) is 35.4 Å². The van der Waals surface area contributed by atoms with Crippen LogP contribution in [0.1, 0.15) is 37.8 Å². The Morgan fingerprint density at radius 3 is 2.54 bits per heavy atom. The molecule has 188 valence electrons. The topological polar surface area (TPSA) is 96.5 Å². The van der Waals surface area contributed by atoms with Crippen molar-refractivity contribution in [3.8, 4) is 22.8 Å². The summed E-state index contributed by atoms with van der Waals surface area (Å²) in [4.78, 5) is 28.1. The highest BCUT2D eigenvalue weighted by Gasteiger charge is 2.29. The molecule has 3 aromatic carbocycles. The second kappa shape index (κ2) is 10.6. The first-order chi connectivity index (χ1) is 18.1. The first-order valence-electron chi connectivity index (χ1n) is 12.0. The molecule has 1 aromatic heterocycles. The van der Waals surface area contributed by atoms with Crippen LogP contribution in [0.4, 0.5) is 0 Å². The van der Waals surface area contributed by atoms with Gasteiger partial charge in [-0.25, -0.2) is 0 Å². The number of rotatable bonds is 9. The van der Waals surface area contributed by atoms with Crippen molar-refractivity contribution in [3.63, 3.8) is 0 Å². The first-order valence-corrected chi connectivity index (χ1v) is 12.0. The molecule has 0 saturated carbocycles. The zero-order chi connectivity index (χ0) is 25.8. The zero-order valence-corrected chi connectivity index (χ0v) is 20.7. The molecule has 0 fully saturated rings. The average Bonchev–Trinajstić information content (AvgIpc) is 3.56. The molecule has 2 N–H and O–H groups in total. The third kappa shape index (κ3) is 4.91. The fourth-order valence-electron chi connectivity index (χ4n) is 4.72. The van der Waals surface area contributed by atoms with Gasteiger partial charge in [0.05, 0.1) is 31.7 Å². The van der Waals surface area contributed by atoms with Gasteiger partial charge >= 0.3 is 0 Å². The second-order valence-electron chi connectivity index (χ2n) is 8.89. The molecule has 0 saturated heterocycles. The van der Waals surface area contributed by atoms with Crippen LogP contribution in [0.3, 0.4) is 0 Å². The molecule has 1 aliphatic heterocycles. The Kier molecular flexibility index (Phi) is 6.89. The number of fused-ring (bicyclic) bond motifs is 1. The predicted octanol–water partition coefficient (Wildman–Crippen LogP) is 4.26. The highest BCUT2D eigenvalue weighted by Crippen LogP contribution is 2.33. The van der Waals surface area contributed by atoms with E-state index in [1.54, 1.807) is 26.4 Å². The van der Waals surface area contributed by atoms with Crippen molar-refractivity contribution in [2.45, 2.75) is 12.5 Å². The van der Waals surface area contributed by atoms with E-state index in [0.717, 1.165) is 22.3 Å². The second-order valence-corrected chi connectivity index (χ2v) is 8.89. The minimum atomic E-state index is -0.254. The number of nitrogens with one attached hydrogen (secondary N) is 2. The van der Waals surface area contributed by atoms with Gasteiger partial charge in [-0.15, -0.1) is 0 Å². The third-order valence-electron chi connectivity index (χ3n) is 6.67. The summed E-state index contributed by atoms with van der Waals surface area (Å²) in [5, 5.41) is 10.1. The van der Waals surface area contributed by atoms with Crippen LogP contribution in [0.25, 0.3) is 11.3 Å². The Labute approximate surface area is 215 Å². The molecule has 4 aromatic rings. The normalized spacial score (nSPS) is 13.2. The van der Waals surface area contributed by atoms with E-state index in [2.05, 4.69) is 15.5 Å². The SMILES string of the molecule is COc1ccc(-c2[nH]ncc2C(=O)NCC(CN2Cc3ccccc3C2=O)c2ccccc2)cc1OC. The van der Waals surface area contributed by atoms with E-state index < -0.39 is 0 Å². The Hall–Kier alpha value is -4.59. The molecule has 1 atom stereocenters. The lowest BCUT2D eigenvalue weighted by molar-refractivity contribution is 0.0767. The summed E-state index contributed by atoms with van der Waals surface area (Å²) in [7, 11) is 3.14. The van der Waals surface area contributed by atoms with Crippen LogP contribution in [-0.4, -0.2) is 54.2 Å². The number of H-pyrrole nitrogens is 1.